The van der Waals surface area contributed by atoms with Gasteiger partial charge in [-0.25, -0.2) is 9.78 Å². The number of nitrogens with zero attached hydrogens (tertiary/aromatic N) is 2. The van der Waals surface area contributed by atoms with Crippen molar-refractivity contribution in [3.63, 3.8) is 0 Å². The molecule has 0 atom stereocenters. The number of rotatable bonds is 4. The van der Waals surface area contributed by atoms with Crippen LogP contribution in [0.2, 0.25) is 0 Å². The van der Waals surface area contributed by atoms with Gasteiger partial charge in [-0.3, -0.25) is 14.2 Å². The molecule has 138 valence electrons. The number of esters is 1. The minimum absolute atomic E-state index is 0.0779. The van der Waals surface area contributed by atoms with E-state index in [9.17, 15) is 14.4 Å². The maximum absolute atomic E-state index is 12.5. The number of carbonyl (C=O) groups excluding carboxylic acids is 2. The molecule has 0 radical (unpaired) electrons. The number of aryl methyl sites for hydroxylation is 3. The molecular formula is C20H18N2O4S. The summed E-state index contributed by atoms with van der Waals surface area (Å²) in [6.45, 7) is 4.18. The SMILES string of the molecule is Cc1cc(C(=O)COC(=O)c2ccc3c(=O)n4c(nc3c2)CCC4)c(C)s1. The molecule has 1 aromatic carbocycles. The van der Waals surface area contributed by atoms with E-state index in [2.05, 4.69) is 4.98 Å². The van der Waals surface area contributed by atoms with E-state index in [-0.39, 0.29) is 23.5 Å². The van der Waals surface area contributed by atoms with Crippen molar-refractivity contribution in [2.45, 2.75) is 33.2 Å². The predicted molar refractivity (Wildman–Crippen MR) is 103 cm³/mol. The fourth-order valence-electron chi connectivity index (χ4n) is 3.41. The maximum Gasteiger partial charge on any atom is 0.338 e. The Labute approximate surface area is 159 Å². The van der Waals surface area contributed by atoms with E-state index in [0.717, 1.165) is 28.4 Å². The van der Waals surface area contributed by atoms with Crippen molar-refractivity contribution in [1.82, 2.24) is 9.55 Å². The van der Waals surface area contributed by atoms with Gasteiger partial charge in [0.15, 0.2) is 6.61 Å². The van der Waals surface area contributed by atoms with Gasteiger partial charge in [-0.15, -0.1) is 11.3 Å². The quantitative estimate of drug-likeness (QED) is 0.512. The summed E-state index contributed by atoms with van der Waals surface area (Å²) in [4.78, 5) is 43.6. The van der Waals surface area contributed by atoms with Crippen LogP contribution in [0.25, 0.3) is 10.9 Å². The smallest absolute Gasteiger partial charge is 0.338 e. The van der Waals surface area contributed by atoms with E-state index in [1.54, 1.807) is 22.8 Å². The van der Waals surface area contributed by atoms with E-state index in [1.165, 1.54) is 11.3 Å². The monoisotopic (exact) mass is 382 g/mol. The number of aromatic nitrogens is 2. The summed E-state index contributed by atoms with van der Waals surface area (Å²) in [6.07, 6.45) is 1.66. The van der Waals surface area contributed by atoms with Gasteiger partial charge in [-0.2, -0.15) is 0 Å². The van der Waals surface area contributed by atoms with Gasteiger partial charge in [-0.05, 0) is 44.5 Å². The van der Waals surface area contributed by atoms with Gasteiger partial charge in [0, 0.05) is 28.3 Å². The Bertz CT molecular complexity index is 1140. The van der Waals surface area contributed by atoms with Gasteiger partial charge in [0.05, 0.1) is 16.5 Å². The third-order valence-electron chi connectivity index (χ3n) is 4.73. The van der Waals surface area contributed by atoms with Crippen molar-refractivity contribution in [2.75, 3.05) is 6.61 Å². The fraction of sp³-hybridized carbons (Fsp3) is 0.300. The number of fused-ring (bicyclic) bond motifs is 2. The minimum Gasteiger partial charge on any atom is -0.454 e. The molecule has 1 aliphatic rings. The van der Waals surface area contributed by atoms with Gasteiger partial charge in [-0.1, -0.05) is 0 Å². The van der Waals surface area contributed by atoms with Gasteiger partial charge < -0.3 is 4.74 Å². The highest BCUT2D eigenvalue weighted by Crippen LogP contribution is 2.21. The first-order chi connectivity index (χ1) is 12.9. The molecule has 7 heteroatoms. The Balaban J connectivity index is 1.54. The second-order valence-corrected chi connectivity index (χ2v) is 8.11. The van der Waals surface area contributed by atoms with E-state index in [0.29, 0.717) is 23.0 Å². The number of benzene rings is 1. The van der Waals surface area contributed by atoms with Gasteiger partial charge in [0.25, 0.3) is 5.56 Å². The van der Waals surface area contributed by atoms with Crippen LogP contribution in [0.5, 0.6) is 0 Å². The molecule has 6 nitrogen and oxygen atoms in total. The summed E-state index contributed by atoms with van der Waals surface area (Å²) in [5.74, 6) is -0.0751. The largest absolute Gasteiger partial charge is 0.454 e. The predicted octanol–water partition coefficient (Wildman–Crippen LogP) is 3.06. The van der Waals surface area contributed by atoms with Gasteiger partial charge in [0.1, 0.15) is 5.82 Å². The molecule has 0 fully saturated rings. The highest BCUT2D eigenvalue weighted by molar-refractivity contribution is 7.12. The molecule has 0 N–H and O–H groups in total. The second-order valence-electron chi connectivity index (χ2n) is 6.65. The third-order valence-corrected chi connectivity index (χ3v) is 5.69. The number of thiophene rings is 1. The molecular weight excluding hydrogens is 364 g/mol. The summed E-state index contributed by atoms with van der Waals surface area (Å²) in [5.41, 5.74) is 1.28. The zero-order valence-electron chi connectivity index (χ0n) is 15.1. The van der Waals surface area contributed by atoms with Crippen LogP contribution in [0.1, 0.15) is 42.7 Å². The van der Waals surface area contributed by atoms with Crippen molar-refractivity contribution in [3.05, 3.63) is 61.3 Å². The number of Topliss-reactive ketones (excluding diaryl/α,β-unsaturated/α-hetero) is 1. The number of ether oxygens (including phenoxy) is 1. The Morgan fingerprint density at radius 2 is 2.07 bits per heavy atom. The van der Waals surface area contributed by atoms with Crippen LogP contribution >= 0.6 is 11.3 Å². The van der Waals surface area contributed by atoms with Crippen molar-refractivity contribution in [2.24, 2.45) is 0 Å². The number of carbonyl (C=O) groups is 2. The van der Waals surface area contributed by atoms with Crippen LogP contribution in [-0.4, -0.2) is 27.9 Å². The molecule has 0 saturated carbocycles. The minimum atomic E-state index is -0.600. The van der Waals surface area contributed by atoms with E-state index >= 15 is 0 Å². The molecule has 27 heavy (non-hydrogen) atoms. The Morgan fingerprint density at radius 1 is 1.26 bits per heavy atom. The highest BCUT2D eigenvalue weighted by atomic mass is 32.1. The van der Waals surface area contributed by atoms with Gasteiger partial charge in [0.2, 0.25) is 5.78 Å². The first-order valence-electron chi connectivity index (χ1n) is 8.75. The number of hydrogen-bond acceptors (Lipinski definition) is 6. The number of ketones is 1. The Morgan fingerprint density at radius 3 is 2.81 bits per heavy atom. The average molecular weight is 382 g/mol. The topological polar surface area (TPSA) is 78.3 Å². The zero-order chi connectivity index (χ0) is 19.1. The summed E-state index contributed by atoms with van der Waals surface area (Å²) in [6, 6.07) is 6.51. The molecule has 1 aliphatic heterocycles. The van der Waals surface area contributed by atoms with E-state index in [4.69, 9.17) is 4.74 Å². The fourth-order valence-corrected chi connectivity index (χ4v) is 4.35. The van der Waals surface area contributed by atoms with Crippen LogP contribution in [0.4, 0.5) is 0 Å². The lowest BCUT2D eigenvalue weighted by Gasteiger charge is -2.07. The zero-order valence-corrected chi connectivity index (χ0v) is 15.9. The van der Waals surface area contributed by atoms with Crippen molar-refractivity contribution in [3.8, 4) is 0 Å². The molecule has 0 amide bonds. The third kappa shape index (κ3) is 3.19. The van der Waals surface area contributed by atoms with Crippen LogP contribution in [-0.2, 0) is 17.7 Å². The summed E-state index contributed by atoms with van der Waals surface area (Å²) in [5, 5.41) is 0.484. The molecule has 0 saturated heterocycles. The Hall–Kier alpha value is -2.80. The lowest BCUT2D eigenvalue weighted by molar-refractivity contribution is 0.0475. The molecule has 0 bridgehead atoms. The summed E-state index contributed by atoms with van der Waals surface area (Å²) < 4.78 is 6.87. The Kier molecular flexibility index (Phi) is 4.39. The van der Waals surface area contributed by atoms with E-state index in [1.807, 2.05) is 19.9 Å². The molecule has 2 aromatic heterocycles. The summed E-state index contributed by atoms with van der Waals surface area (Å²) in [7, 11) is 0. The number of hydrogen-bond donors (Lipinski definition) is 0. The van der Waals surface area contributed by atoms with Crippen molar-refractivity contribution >= 4 is 34.0 Å². The van der Waals surface area contributed by atoms with Crippen LogP contribution in [0, 0.1) is 13.8 Å². The normalized spacial score (nSPS) is 13.0. The van der Waals surface area contributed by atoms with Crippen LogP contribution in [0.3, 0.4) is 0 Å². The van der Waals surface area contributed by atoms with Crippen molar-refractivity contribution < 1.29 is 14.3 Å². The summed E-state index contributed by atoms with van der Waals surface area (Å²) >= 11 is 1.54. The van der Waals surface area contributed by atoms with Crippen LogP contribution in [0.15, 0.2) is 29.1 Å². The molecule has 0 aliphatic carbocycles. The highest BCUT2D eigenvalue weighted by Gasteiger charge is 2.19. The maximum atomic E-state index is 12.5. The molecule has 0 unspecified atom stereocenters. The average Bonchev–Trinajstić information content (AvgIpc) is 3.25. The molecule has 3 aromatic rings. The lowest BCUT2D eigenvalue weighted by atomic mass is 10.1. The standard InChI is InChI=1S/C20H18N2O4S/c1-11-8-15(12(2)27-11)17(23)10-26-20(25)13-5-6-14-16(9-13)21-18-4-3-7-22(18)19(14)24/h5-6,8-9H,3-4,7,10H2,1-2H3. The second kappa shape index (κ2) is 6.74. The lowest BCUT2D eigenvalue weighted by Crippen LogP contribution is -2.21. The first kappa shape index (κ1) is 17.6. The van der Waals surface area contributed by atoms with Crippen molar-refractivity contribution in [1.29, 1.82) is 0 Å². The molecule has 3 heterocycles. The molecule has 0 spiro atoms. The first-order valence-corrected chi connectivity index (χ1v) is 9.56. The van der Waals surface area contributed by atoms with Crippen LogP contribution < -0.4 is 5.56 Å². The van der Waals surface area contributed by atoms with Gasteiger partial charge >= 0.3 is 5.97 Å². The molecule has 4 rings (SSSR count). The van der Waals surface area contributed by atoms with E-state index < -0.39 is 5.97 Å².